The molecule has 0 spiro atoms. The molecule has 1 aromatic carbocycles. The Labute approximate surface area is 89.5 Å². The van der Waals surface area contributed by atoms with Gasteiger partial charge in [0, 0.05) is 0 Å². The zero-order chi connectivity index (χ0) is 11.1. The van der Waals surface area contributed by atoms with E-state index in [1.807, 2.05) is 42.5 Å². The maximum atomic E-state index is 10.6. The number of carbonyl (C=O) groups is 1. The second-order valence-corrected chi connectivity index (χ2v) is 3.19. The molecule has 0 radical (unpaired) electrons. The summed E-state index contributed by atoms with van der Waals surface area (Å²) in [6, 6.07) is 9.88. The molecule has 2 N–H and O–H groups in total. The first-order chi connectivity index (χ1) is 7.20. The summed E-state index contributed by atoms with van der Waals surface area (Å²) in [5, 5.41) is 0. The normalized spacial score (nSPS) is 12.9. The van der Waals surface area contributed by atoms with Crippen molar-refractivity contribution in [2.75, 3.05) is 6.61 Å². The number of primary amides is 1. The van der Waals surface area contributed by atoms with Crippen molar-refractivity contribution in [3.63, 3.8) is 0 Å². The fraction of sp³-hybridized carbons (Fsp3) is 0.250. The Morgan fingerprint density at radius 2 is 2.13 bits per heavy atom. The monoisotopic (exact) mass is 205 g/mol. The molecule has 0 aliphatic rings. The average molecular weight is 205 g/mol. The summed E-state index contributed by atoms with van der Waals surface area (Å²) in [6.07, 6.45) is 3.26. The van der Waals surface area contributed by atoms with Crippen LogP contribution in [0.15, 0.2) is 36.4 Å². The van der Waals surface area contributed by atoms with Crippen LogP contribution in [0, 0.1) is 0 Å². The van der Waals surface area contributed by atoms with E-state index in [1.54, 1.807) is 6.92 Å². The highest BCUT2D eigenvalue weighted by molar-refractivity contribution is 5.78. The second kappa shape index (κ2) is 5.98. The molecular formula is C12H15NO2. The summed E-state index contributed by atoms with van der Waals surface area (Å²) in [7, 11) is 0. The second-order valence-electron chi connectivity index (χ2n) is 3.19. The molecule has 15 heavy (non-hydrogen) atoms. The van der Waals surface area contributed by atoms with Gasteiger partial charge in [0.15, 0.2) is 0 Å². The van der Waals surface area contributed by atoms with Gasteiger partial charge in [0.25, 0.3) is 0 Å². The number of hydrogen-bond donors (Lipinski definition) is 1. The molecule has 1 rings (SSSR count). The first kappa shape index (κ1) is 11.5. The van der Waals surface area contributed by atoms with Crippen molar-refractivity contribution in [2.24, 2.45) is 5.73 Å². The van der Waals surface area contributed by atoms with Crippen molar-refractivity contribution in [1.82, 2.24) is 0 Å². The number of rotatable bonds is 5. The quantitative estimate of drug-likeness (QED) is 0.793. The minimum Gasteiger partial charge on any atom is -0.367 e. The fourth-order valence-electron chi connectivity index (χ4n) is 1.03. The number of ether oxygens (including phenoxy) is 1. The van der Waals surface area contributed by atoms with Crippen LogP contribution in [0.4, 0.5) is 0 Å². The maximum absolute atomic E-state index is 10.6. The molecule has 1 aromatic rings. The van der Waals surface area contributed by atoms with Gasteiger partial charge in [-0.3, -0.25) is 4.79 Å². The maximum Gasteiger partial charge on any atom is 0.246 e. The molecule has 3 heteroatoms. The summed E-state index contributed by atoms with van der Waals surface area (Å²) in [5.74, 6) is -0.442. The third-order valence-electron chi connectivity index (χ3n) is 1.95. The third-order valence-corrected chi connectivity index (χ3v) is 1.95. The van der Waals surface area contributed by atoms with Gasteiger partial charge in [-0.15, -0.1) is 0 Å². The topological polar surface area (TPSA) is 52.3 Å². The molecule has 0 saturated carbocycles. The zero-order valence-corrected chi connectivity index (χ0v) is 8.72. The molecule has 0 aliphatic heterocycles. The van der Waals surface area contributed by atoms with Crippen LogP contribution in [0.1, 0.15) is 12.5 Å². The lowest BCUT2D eigenvalue weighted by Gasteiger charge is -2.05. The molecule has 0 aromatic heterocycles. The predicted octanol–water partition coefficient (Wildman–Crippen LogP) is 1.59. The van der Waals surface area contributed by atoms with E-state index in [2.05, 4.69) is 0 Å². The Kier molecular flexibility index (Phi) is 4.57. The van der Waals surface area contributed by atoms with E-state index >= 15 is 0 Å². The summed E-state index contributed by atoms with van der Waals surface area (Å²) in [4.78, 5) is 10.6. The van der Waals surface area contributed by atoms with Crippen LogP contribution in [0.25, 0.3) is 6.08 Å². The summed E-state index contributed by atoms with van der Waals surface area (Å²) in [6.45, 7) is 2.03. The lowest BCUT2D eigenvalue weighted by Crippen LogP contribution is -2.28. The molecule has 0 saturated heterocycles. The molecule has 0 bridgehead atoms. The highest BCUT2D eigenvalue weighted by Crippen LogP contribution is 2.01. The van der Waals surface area contributed by atoms with Gasteiger partial charge in [0.05, 0.1) is 6.61 Å². The molecule has 1 unspecified atom stereocenters. The molecule has 0 aliphatic carbocycles. The van der Waals surface area contributed by atoms with E-state index in [9.17, 15) is 4.79 Å². The van der Waals surface area contributed by atoms with Crippen LogP contribution in [-0.2, 0) is 9.53 Å². The Balaban J connectivity index is 2.32. The van der Waals surface area contributed by atoms with E-state index < -0.39 is 12.0 Å². The molecule has 0 heterocycles. The van der Waals surface area contributed by atoms with Gasteiger partial charge in [-0.25, -0.2) is 0 Å². The van der Waals surface area contributed by atoms with Crippen LogP contribution < -0.4 is 5.73 Å². The minimum atomic E-state index is -0.537. The first-order valence-electron chi connectivity index (χ1n) is 4.82. The first-order valence-corrected chi connectivity index (χ1v) is 4.82. The van der Waals surface area contributed by atoms with Gasteiger partial charge < -0.3 is 10.5 Å². The van der Waals surface area contributed by atoms with Crippen molar-refractivity contribution in [1.29, 1.82) is 0 Å². The van der Waals surface area contributed by atoms with Crippen molar-refractivity contribution < 1.29 is 9.53 Å². The fourth-order valence-corrected chi connectivity index (χ4v) is 1.03. The van der Waals surface area contributed by atoms with Crippen LogP contribution in [0.5, 0.6) is 0 Å². The highest BCUT2D eigenvalue weighted by atomic mass is 16.5. The van der Waals surface area contributed by atoms with Crippen molar-refractivity contribution >= 4 is 12.0 Å². The zero-order valence-electron chi connectivity index (χ0n) is 8.72. The van der Waals surface area contributed by atoms with E-state index in [1.165, 1.54) is 0 Å². The molecule has 3 nitrogen and oxygen atoms in total. The molecule has 80 valence electrons. The highest BCUT2D eigenvalue weighted by Gasteiger charge is 2.06. The van der Waals surface area contributed by atoms with Crippen LogP contribution in [0.2, 0.25) is 0 Å². The molecular weight excluding hydrogens is 190 g/mol. The lowest BCUT2D eigenvalue weighted by atomic mass is 10.2. The van der Waals surface area contributed by atoms with E-state index in [0.717, 1.165) is 5.56 Å². The van der Waals surface area contributed by atoms with Gasteiger partial charge in [-0.2, -0.15) is 0 Å². The van der Waals surface area contributed by atoms with Crippen LogP contribution in [-0.4, -0.2) is 18.6 Å². The smallest absolute Gasteiger partial charge is 0.246 e. The van der Waals surface area contributed by atoms with E-state index in [4.69, 9.17) is 10.5 Å². The predicted molar refractivity (Wildman–Crippen MR) is 60.1 cm³/mol. The summed E-state index contributed by atoms with van der Waals surface area (Å²) >= 11 is 0. The number of amides is 1. The minimum absolute atomic E-state index is 0.388. The Bertz CT molecular complexity index is 333. The van der Waals surface area contributed by atoms with E-state index in [-0.39, 0.29) is 0 Å². The molecule has 1 atom stereocenters. The number of hydrogen-bond acceptors (Lipinski definition) is 2. The van der Waals surface area contributed by atoms with Crippen molar-refractivity contribution in [3.8, 4) is 0 Å². The number of nitrogens with two attached hydrogens (primary N) is 1. The summed E-state index contributed by atoms with van der Waals surface area (Å²) in [5.41, 5.74) is 6.15. The van der Waals surface area contributed by atoms with Gasteiger partial charge >= 0.3 is 0 Å². The molecule has 1 amide bonds. The van der Waals surface area contributed by atoms with Gasteiger partial charge in [0.1, 0.15) is 6.10 Å². The van der Waals surface area contributed by atoms with Crippen LogP contribution >= 0.6 is 0 Å². The summed E-state index contributed by atoms with van der Waals surface area (Å²) < 4.78 is 5.16. The number of carbonyl (C=O) groups excluding carboxylic acids is 1. The van der Waals surface area contributed by atoms with Gasteiger partial charge in [-0.1, -0.05) is 42.5 Å². The van der Waals surface area contributed by atoms with Crippen molar-refractivity contribution in [2.45, 2.75) is 13.0 Å². The Hall–Kier alpha value is -1.61. The Morgan fingerprint density at radius 1 is 1.47 bits per heavy atom. The largest absolute Gasteiger partial charge is 0.367 e. The van der Waals surface area contributed by atoms with Gasteiger partial charge in [-0.05, 0) is 12.5 Å². The Morgan fingerprint density at radius 3 is 2.73 bits per heavy atom. The van der Waals surface area contributed by atoms with Gasteiger partial charge in [0.2, 0.25) is 5.91 Å². The average Bonchev–Trinajstić information content (AvgIpc) is 2.25. The lowest BCUT2D eigenvalue weighted by molar-refractivity contribution is -0.127. The van der Waals surface area contributed by atoms with Crippen molar-refractivity contribution in [3.05, 3.63) is 42.0 Å². The number of benzene rings is 1. The standard InChI is InChI=1S/C12H15NO2/c1-10(12(13)14)15-9-5-8-11-6-3-2-4-7-11/h2-8,10H,9H2,1H3,(H2,13,14). The SMILES string of the molecule is CC(OCC=Cc1ccccc1)C(N)=O. The molecule has 0 fully saturated rings. The third kappa shape index (κ3) is 4.42. The van der Waals surface area contributed by atoms with Crippen LogP contribution in [0.3, 0.4) is 0 Å². The van der Waals surface area contributed by atoms with E-state index in [0.29, 0.717) is 6.61 Å².